The van der Waals surface area contributed by atoms with Crippen molar-refractivity contribution in [3.8, 4) is 11.1 Å². The number of halogens is 1. The Morgan fingerprint density at radius 1 is 1.10 bits per heavy atom. The molecule has 40 heavy (non-hydrogen) atoms. The lowest BCUT2D eigenvalue weighted by Crippen LogP contribution is -2.58. The maximum atomic E-state index is 14.5. The predicted octanol–water partition coefficient (Wildman–Crippen LogP) is 4.58. The van der Waals surface area contributed by atoms with Crippen molar-refractivity contribution in [2.24, 2.45) is 13.0 Å². The zero-order valence-electron chi connectivity index (χ0n) is 25.0. The number of likely N-dealkylation sites (tertiary alicyclic amines) is 1. The molecule has 1 N–H and O–H groups in total. The van der Waals surface area contributed by atoms with Crippen molar-refractivity contribution >= 4 is 16.8 Å². The largest absolute Gasteiger partial charge is 0.336 e. The van der Waals surface area contributed by atoms with E-state index in [-0.39, 0.29) is 11.9 Å². The zero-order chi connectivity index (χ0) is 28.6. The maximum Gasteiger partial charge on any atom is 0.254 e. The molecule has 216 valence electrons. The van der Waals surface area contributed by atoms with Gasteiger partial charge in [-0.05, 0) is 67.6 Å². The van der Waals surface area contributed by atoms with E-state index in [9.17, 15) is 9.18 Å². The van der Waals surface area contributed by atoms with Gasteiger partial charge in [0.25, 0.3) is 5.91 Å². The molecular weight excluding hydrogens is 503 g/mol. The lowest BCUT2D eigenvalue weighted by molar-refractivity contribution is 0.0378. The van der Waals surface area contributed by atoms with E-state index in [0.717, 1.165) is 67.8 Å². The van der Waals surface area contributed by atoms with Crippen LogP contribution in [0, 0.1) is 11.7 Å². The smallest absolute Gasteiger partial charge is 0.254 e. The molecule has 0 unspecified atom stereocenters. The van der Waals surface area contributed by atoms with Crippen molar-refractivity contribution in [3.05, 3.63) is 53.5 Å². The second kappa shape index (κ2) is 12.0. The Morgan fingerprint density at radius 2 is 1.82 bits per heavy atom. The van der Waals surface area contributed by atoms with Crippen LogP contribution in [-0.2, 0) is 7.05 Å². The number of aryl methyl sites for hydroxylation is 1. The molecule has 8 heteroatoms. The number of hydrogen-bond acceptors (Lipinski definition) is 5. The first-order chi connectivity index (χ1) is 19.2. The van der Waals surface area contributed by atoms with Gasteiger partial charge < -0.3 is 10.2 Å². The van der Waals surface area contributed by atoms with Gasteiger partial charge in [-0.25, -0.2) is 4.39 Å². The van der Waals surface area contributed by atoms with E-state index in [1.54, 1.807) is 11.0 Å². The number of aromatic nitrogens is 2. The Labute approximate surface area is 238 Å². The molecule has 1 atom stereocenters. The fourth-order valence-electron chi connectivity index (χ4n) is 6.45. The molecule has 7 nitrogen and oxygen atoms in total. The van der Waals surface area contributed by atoms with Crippen LogP contribution in [0.3, 0.4) is 0 Å². The normalized spacial score (nSPS) is 18.0. The third-order valence-electron chi connectivity index (χ3n) is 8.89. The van der Waals surface area contributed by atoms with Crippen molar-refractivity contribution in [2.45, 2.75) is 52.6 Å². The summed E-state index contributed by atoms with van der Waals surface area (Å²) in [6.45, 7) is 18.7. The molecule has 0 radical (unpaired) electrons. The van der Waals surface area contributed by atoms with E-state index < -0.39 is 5.82 Å². The van der Waals surface area contributed by atoms with Gasteiger partial charge in [-0.3, -0.25) is 19.3 Å². The van der Waals surface area contributed by atoms with Crippen LogP contribution in [0.1, 0.15) is 56.5 Å². The fourth-order valence-corrected chi connectivity index (χ4v) is 6.45. The number of nitrogens with one attached hydrogen (secondary N) is 1. The van der Waals surface area contributed by atoms with E-state index in [1.807, 2.05) is 38.7 Å². The van der Waals surface area contributed by atoms with Gasteiger partial charge in [0.1, 0.15) is 5.82 Å². The highest BCUT2D eigenvalue weighted by molar-refractivity contribution is 6.05. The fraction of sp³-hybridized carbons (Fsp3) is 0.562. The summed E-state index contributed by atoms with van der Waals surface area (Å²) in [5, 5.41) is 9.00. The number of piperazine rings is 1. The van der Waals surface area contributed by atoms with Crippen LogP contribution in [0.15, 0.2) is 36.5 Å². The van der Waals surface area contributed by atoms with Gasteiger partial charge in [0.15, 0.2) is 0 Å². The number of rotatable bonds is 9. The summed E-state index contributed by atoms with van der Waals surface area (Å²) >= 11 is 0. The molecule has 1 aromatic heterocycles. The summed E-state index contributed by atoms with van der Waals surface area (Å²) in [4.78, 5) is 20.7. The molecule has 1 amide bonds. The summed E-state index contributed by atoms with van der Waals surface area (Å²) in [5.74, 6) is 0.451. The van der Waals surface area contributed by atoms with Gasteiger partial charge in [0, 0.05) is 82.8 Å². The van der Waals surface area contributed by atoms with E-state index in [0.29, 0.717) is 30.0 Å². The van der Waals surface area contributed by atoms with Crippen molar-refractivity contribution in [2.75, 3.05) is 52.4 Å². The minimum Gasteiger partial charge on any atom is -0.336 e. The Morgan fingerprint density at radius 3 is 2.48 bits per heavy atom. The van der Waals surface area contributed by atoms with Gasteiger partial charge in [0.2, 0.25) is 0 Å². The van der Waals surface area contributed by atoms with Crippen LogP contribution in [-0.4, -0.2) is 94.8 Å². The Bertz CT molecular complexity index is 1340. The molecule has 0 bridgehead atoms. The summed E-state index contributed by atoms with van der Waals surface area (Å²) < 4.78 is 16.4. The number of fused-ring (bicyclic) bond motifs is 1. The number of hydrogen-bond donors (Lipinski definition) is 1. The molecule has 0 saturated carbocycles. The van der Waals surface area contributed by atoms with Crippen LogP contribution >= 0.6 is 0 Å². The van der Waals surface area contributed by atoms with Crippen molar-refractivity contribution in [3.63, 3.8) is 0 Å². The monoisotopic (exact) mass is 548 g/mol. The summed E-state index contributed by atoms with van der Waals surface area (Å²) in [5.41, 5.74) is 4.41. The molecule has 3 heterocycles. The quantitative estimate of drug-likeness (QED) is 0.424. The topological polar surface area (TPSA) is 56.6 Å². The second-order valence-corrected chi connectivity index (χ2v) is 12.2. The molecule has 0 spiro atoms. The lowest BCUT2D eigenvalue weighted by atomic mass is 9.84. The third kappa shape index (κ3) is 5.67. The van der Waals surface area contributed by atoms with E-state index >= 15 is 0 Å². The van der Waals surface area contributed by atoms with Crippen LogP contribution in [0.4, 0.5) is 4.39 Å². The molecule has 2 aliphatic rings. The number of benzene rings is 2. The summed E-state index contributed by atoms with van der Waals surface area (Å²) in [7, 11) is 1.96. The standard InChI is InChI=1S/C32H45FN6O/c1-7-39(22(4)5)32(40)28-16-25(33)8-9-26(28)27-14-23(15-30-29(27)17-35-36(30)6)24-18-38(19-24)31(21(2)3)20-37-12-10-34-11-13-37/h8-9,14-17,21-22,24,31,34H,7,10-13,18-20H2,1-6H3/t31-/m1/s1. The SMILES string of the molecule is CCN(C(=O)c1cc(F)ccc1-c1cc(C2CN([C@H](CN3CCNCC3)C(C)C)C2)cc2c1cnn2C)C(C)C. The Kier molecular flexibility index (Phi) is 8.59. The van der Waals surface area contributed by atoms with Gasteiger partial charge in [-0.2, -0.15) is 5.10 Å². The van der Waals surface area contributed by atoms with E-state index in [4.69, 9.17) is 0 Å². The number of carbonyl (C=O) groups is 1. The van der Waals surface area contributed by atoms with Crippen LogP contribution < -0.4 is 5.32 Å². The minimum atomic E-state index is -0.399. The highest BCUT2D eigenvalue weighted by Crippen LogP contribution is 2.38. The van der Waals surface area contributed by atoms with Gasteiger partial charge in [-0.1, -0.05) is 19.9 Å². The van der Waals surface area contributed by atoms with Gasteiger partial charge in [0.05, 0.1) is 17.3 Å². The van der Waals surface area contributed by atoms with Gasteiger partial charge >= 0.3 is 0 Å². The lowest BCUT2D eigenvalue weighted by Gasteiger charge is -2.48. The molecular formula is C32H45FN6O. The third-order valence-corrected chi connectivity index (χ3v) is 8.89. The van der Waals surface area contributed by atoms with Crippen LogP contribution in [0.5, 0.6) is 0 Å². The zero-order valence-corrected chi connectivity index (χ0v) is 25.0. The molecule has 5 rings (SSSR count). The molecule has 2 aromatic carbocycles. The highest BCUT2D eigenvalue weighted by atomic mass is 19.1. The molecule has 3 aromatic rings. The first-order valence-corrected chi connectivity index (χ1v) is 14.9. The summed E-state index contributed by atoms with van der Waals surface area (Å²) in [6, 6.07) is 9.65. The van der Waals surface area contributed by atoms with E-state index in [1.165, 1.54) is 17.7 Å². The number of amides is 1. The first-order valence-electron chi connectivity index (χ1n) is 14.9. The van der Waals surface area contributed by atoms with Crippen molar-refractivity contribution in [1.82, 2.24) is 29.8 Å². The second-order valence-electron chi connectivity index (χ2n) is 12.2. The predicted molar refractivity (Wildman–Crippen MR) is 160 cm³/mol. The molecule has 2 fully saturated rings. The van der Waals surface area contributed by atoms with Crippen LogP contribution in [0.2, 0.25) is 0 Å². The van der Waals surface area contributed by atoms with Crippen LogP contribution in [0.25, 0.3) is 22.0 Å². The van der Waals surface area contributed by atoms with Gasteiger partial charge in [-0.15, -0.1) is 0 Å². The minimum absolute atomic E-state index is 0.0226. The van der Waals surface area contributed by atoms with Crippen molar-refractivity contribution < 1.29 is 9.18 Å². The molecule has 2 aliphatic heterocycles. The maximum absolute atomic E-state index is 14.5. The number of carbonyl (C=O) groups excluding carboxylic acids is 1. The Balaban J connectivity index is 1.47. The molecule has 0 aliphatic carbocycles. The van der Waals surface area contributed by atoms with E-state index in [2.05, 4.69) is 46.2 Å². The number of nitrogens with zero attached hydrogens (tertiary/aromatic N) is 5. The average Bonchev–Trinajstić information content (AvgIpc) is 3.28. The summed E-state index contributed by atoms with van der Waals surface area (Å²) in [6.07, 6.45) is 1.86. The van der Waals surface area contributed by atoms with Crippen molar-refractivity contribution in [1.29, 1.82) is 0 Å². The average molecular weight is 549 g/mol. The Hall–Kier alpha value is -2.81. The molecule has 2 saturated heterocycles. The first kappa shape index (κ1) is 28.7. The highest BCUT2D eigenvalue weighted by Gasteiger charge is 2.36.